The van der Waals surface area contributed by atoms with Gasteiger partial charge < -0.3 is 20.3 Å². The van der Waals surface area contributed by atoms with E-state index in [2.05, 4.69) is 29.4 Å². The van der Waals surface area contributed by atoms with Crippen LogP contribution in [0.4, 0.5) is 10.5 Å². The van der Waals surface area contributed by atoms with Crippen LogP contribution in [0, 0.1) is 5.92 Å². The molecule has 0 atom stereocenters. The highest BCUT2D eigenvalue weighted by Gasteiger charge is 2.21. The van der Waals surface area contributed by atoms with Crippen LogP contribution in [0.25, 0.3) is 0 Å². The lowest BCUT2D eigenvalue weighted by atomic mass is 9.96. The van der Waals surface area contributed by atoms with Crippen molar-refractivity contribution in [2.45, 2.75) is 32.7 Å². The first kappa shape index (κ1) is 16.6. The van der Waals surface area contributed by atoms with Crippen LogP contribution in [0.2, 0.25) is 0 Å². The Kier molecular flexibility index (Phi) is 6.07. The van der Waals surface area contributed by atoms with Crippen molar-refractivity contribution >= 4 is 11.7 Å². The molecule has 1 aliphatic heterocycles. The maximum Gasteiger partial charge on any atom is 0.319 e. The summed E-state index contributed by atoms with van der Waals surface area (Å²) in [5.74, 6) is 1.36. The van der Waals surface area contributed by atoms with Gasteiger partial charge in [0.25, 0.3) is 0 Å². The Balaban J connectivity index is 1.69. The van der Waals surface area contributed by atoms with Gasteiger partial charge in [-0.1, -0.05) is 0 Å². The number of rotatable bonds is 5. The summed E-state index contributed by atoms with van der Waals surface area (Å²) in [5, 5.41) is 5.82. The summed E-state index contributed by atoms with van der Waals surface area (Å²) in [6.07, 6.45) is 2.31. The molecule has 0 saturated carbocycles. The Morgan fingerprint density at radius 3 is 2.45 bits per heavy atom. The molecule has 1 aromatic rings. The Morgan fingerprint density at radius 2 is 1.91 bits per heavy atom. The van der Waals surface area contributed by atoms with E-state index in [1.165, 1.54) is 0 Å². The minimum Gasteiger partial charge on any atom is -0.497 e. The summed E-state index contributed by atoms with van der Waals surface area (Å²) in [6, 6.07) is 7.80. The van der Waals surface area contributed by atoms with Gasteiger partial charge in [-0.15, -0.1) is 0 Å². The zero-order valence-electron chi connectivity index (χ0n) is 13.8. The van der Waals surface area contributed by atoms with Gasteiger partial charge in [0.15, 0.2) is 0 Å². The molecule has 1 heterocycles. The van der Waals surface area contributed by atoms with E-state index in [4.69, 9.17) is 4.74 Å². The van der Waals surface area contributed by atoms with Crippen molar-refractivity contribution in [1.82, 2.24) is 10.2 Å². The van der Waals surface area contributed by atoms with Crippen LogP contribution in [-0.4, -0.2) is 43.7 Å². The average molecular weight is 305 g/mol. The summed E-state index contributed by atoms with van der Waals surface area (Å²) in [4.78, 5) is 14.4. The minimum absolute atomic E-state index is 0.142. The van der Waals surface area contributed by atoms with Crippen LogP contribution < -0.4 is 15.4 Å². The van der Waals surface area contributed by atoms with Crippen LogP contribution in [-0.2, 0) is 0 Å². The third-order valence-electron chi connectivity index (χ3n) is 4.28. The van der Waals surface area contributed by atoms with E-state index in [1.807, 2.05) is 24.3 Å². The Bertz CT molecular complexity index is 465. The highest BCUT2D eigenvalue weighted by Crippen LogP contribution is 2.18. The predicted octanol–water partition coefficient (Wildman–Crippen LogP) is 2.94. The predicted molar refractivity (Wildman–Crippen MR) is 89.4 cm³/mol. The van der Waals surface area contributed by atoms with Gasteiger partial charge in [-0.3, -0.25) is 0 Å². The van der Waals surface area contributed by atoms with Crippen LogP contribution in [0.5, 0.6) is 5.75 Å². The standard InChI is InChI=1S/C17H27N3O2/c1-13(2)20-10-8-14(9-11-20)12-18-17(21)19-15-4-6-16(22-3)7-5-15/h4-7,13-14H,8-12H2,1-3H3,(H2,18,19,21). The molecule has 5 heteroatoms. The molecule has 0 aromatic heterocycles. The highest BCUT2D eigenvalue weighted by atomic mass is 16.5. The van der Waals surface area contributed by atoms with Crippen molar-refractivity contribution in [1.29, 1.82) is 0 Å². The van der Waals surface area contributed by atoms with E-state index >= 15 is 0 Å². The minimum atomic E-state index is -0.142. The second-order valence-electron chi connectivity index (χ2n) is 6.14. The largest absolute Gasteiger partial charge is 0.497 e. The second kappa shape index (κ2) is 8.03. The summed E-state index contributed by atoms with van der Waals surface area (Å²) >= 11 is 0. The molecule has 2 amide bonds. The zero-order valence-corrected chi connectivity index (χ0v) is 13.8. The molecule has 2 rings (SSSR count). The lowest BCUT2D eigenvalue weighted by Gasteiger charge is -2.34. The highest BCUT2D eigenvalue weighted by molar-refractivity contribution is 5.89. The van der Waals surface area contributed by atoms with Crippen molar-refractivity contribution < 1.29 is 9.53 Å². The number of carbonyl (C=O) groups is 1. The van der Waals surface area contributed by atoms with Gasteiger partial charge >= 0.3 is 6.03 Å². The van der Waals surface area contributed by atoms with Crippen molar-refractivity contribution in [3.63, 3.8) is 0 Å². The number of anilines is 1. The number of ether oxygens (including phenoxy) is 1. The number of nitrogens with one attached hydrogen (secondary N) is 2. The monoisotopic (exact) mass is 305 g/mol. The van der Waals surface area contributed by atoms with Gasteiger partial charge in [0.2, 0.25) is 0 Å². The molecule has 1 aromatic carbocycles. The molecule has 1 aliphatic rings. The number of likely N-dealkylation sites (tertiary alicyclic amines) is 1. The second-order valence-corrected chi connectivity index (χ2v) is 6.14. The Hall–Kier alpha value is -1.75. The van der Waals surface area contributed by atoms with Crippen molar-refractivity contribution in [2.24, 2.45) is 5.92 Å². The Labute approximate surface area is 133 Å². The fourth-order valence-corrected chi connectivity index (χ4v) is 2.76. The Morgan fingerprint density at radius 1 is 1.27 bits per heavy atom. The summed E-state index contributed by atoms with van der Waals surface area (Å²) in [7, 11) is 1.62. The first-order valence-electron chi connectivity index (χ1n) is 8.01. The van der Waals surface area contributed by atoms with Crippen molar-refractivity contribution in [2.75, 3.05) is 32.1 Å². The molecular formula is C17H27N3O2. The molecule has 2 N–H and O–H groups in total. The first-order valence-corrected chi connectivity index (χ1v) is 8.01. The fraction of sp³-hybridized carbons (Fsp3) is 0.588. The van der Waals surface area contributed by atoms with Crippen LogP contribution >= 0.6 is 0 Å². The third-order valence-corrected chi connectivity index (χ3v) is 4.28. The van der Waals surface area contributed by atoms with Gasteiger partial charge in [-0.05, 0) is 70.0 Å². The van der Waals surface area contributed by atoms with E-state index < -0.39 is 0 Å². The van der Waals surface area contributed by atoms with E-state index in [0.29, 0.717) is 12.0 Å². The van der Waals surface area contributed by atoms with Gasteiger partial charge in [0, 0.05) is 18.3 Å². The molecular weight excluding hydrogens is 278 g/mol. The maximum atomic E-state index is 11.9. The number of benzene rings is 1. The zero-order chi connectivity index (χ0) is 15.9. The topological polar surface area (TPSA) is 53.6 Å². The number of nitrogens with zero attached hydrogens (tertiary/aromatic N) is 1. The summed E-state index contributed by atoms with van der Waals surface area (Å²) in [6.45, 7) is 7.48. The van der Waals surface area contributed by atoms with E-state index in [9.17, 15) is 4.79 Å². The van der Waals surface area contributed by atoms with Crippen LogP contribution in [0.1, 0.15) is 26.7 Å². The van der Waals surface area contributed by atoms with E-state index in [1.54, 1.807) is 7.11 Å². The van der Waals surface area contributed by atoms with Crippen LogP contribution in [0.3, 0.4) is 0 Å². The molecule has 0 bridgehead atoms. The van der Waals surface area contributed by atoms with E-state index in [0.717, 1.165) is 43.9 Å². The number of hydrogen-bond donors (Lipinski definition) is 2. The molecule has 0 unspecified atom stereocenters. The molecule has 22 heavy (non-hydrogen) atoms. The number of carbonyl (C=O) groups excluding carboxylic acids is 1. The number of methoxy groups -OCH3 is 1. The average Bonchev–Trinajstić information content (AvgIpc) is 2.54. The fourth-order valence-electron chi connectivity index (χ4n) is 2.76. The molecule has 0 aliphatic carbocycles. The summed E-state index contributed by atoms with van der Waals surface area (Å²) in [5.41, 5.74) is 0.771. The van der Waals surface area contributed by atoms with Crippen molar-refractivity contribution in [3.05, 3.63) is 24.3 Å². The molecule has 122 valence electrons. The number of hydrogen-bond acceptors (Lipinski definition) is 3. The number of amides is 2. The lowest BCUT2D eigenvalue weighted by Crippen LogP contribution is -2.42. The third kappa shape index (κ3) is 4.91. The smallest absolute Gasteiger partial charge is 0.319 e. The van der Waals surface area contributed by atoms with Crippen molar-refractivity contribution in [3.8, 4) is 5.75 Å². The van der Waals surface area contributed by atoms with Crippen LogP contribution in [0.15, 0.2) is 24.3 Å². The molecule has 5 nitrogen and oxygen atoms in total. The number of piperidine rings is 1. The lowest BCUT2D eigenvalue weighted by molar-refractivity contribution is 0.149. The quantitative estimate of drug-likeness (QED) is 0.879. The van der Waals surface area contributed by atoms with Gasteiger partial charge in [0.05, 0.1) is 7.11 Å². The first-order chi connectivity index (χ1) is 10.6. The van der Waals surface area contributed by atoms with Gasteiger partial charge in [0.1, 0.15) is 5.75 Å². The van der Waals surface area contributed by atoms with Gasteiger partial charge in [-0.2, -0.15) is 0 Å². The number of urea groups is 1. The molecule has 1 fully saturated rings. The SMILES string of the molecule is COc1ccc(NC(=O)NCC2CCN(C(C)C)CC2)cc1. The summed E-state index contributed by atoms with van der Waals surface area (Å²) < 4.78 is 5.09. The molecule has 1 saturated heterocycles. The van der Waals surface area contributed by atoms with E-state index in [-0.39, 0.29) is 6.03 Å². The molecule has 0 radical (unpaired) electrons. The molecule has 0 spiro atoms. The maximum absolute atomic E-state index is 11.9. The normalized spacial score (nSPS) is 16.5. The van der Waals surface area contributed by atoms with Gasteiger partial charge in [-0.25, -0.2) is 4.79 Å².